The Kier molecular flexibility index (Phi) is 5.49. The molecule has 0 saturated carbocycles. The molecule has 1 atom stereocenters. The third-order valence-corrected chi connectivity index (χ3v) is 3.65. The second-order valence-corrected chi connectivity index (χ2v) is 7.28. The van der Waals surface area contributed by atoms with E-state index >= 15 is 0 Å². The quantitative estimate of drug-likeness (QED) is 0.897. The number of ether oxygens (including phenoxy) is 1. The SMILES string of the molecule is Cc1cccc(CN2CC(O)CN(C(=O)OC(C)(C)C)CC2=O)c1. The number of carbonyl (C=O) groups excluding carboxylic acids is 2. The topological polar surface area (TPSA) is 70.1 Å². The van der Waals surface area contributed by atoms with Crippen LogP contribution < -0.4 is 0 Å². The van der Waals surface area contributed by atoms with Crippen molar-refractivity contribution in [3.63, 3.8) is 0 Å². The van der Waals surface area contributed by atoms with Crippen LogP contribution >= 0.6 is 0 Å². The van der Waals surface area contributed by atoms with Crippen LogP contribution in [0.2, 0.25) is 0 Å². The van der Waals surface area contributed by atoms with Gasteiger partial charge in [0.25, 0.3) is 0 Å². The minimum atomic E-state index is -0.797. The molecule has 1 aliphatic rings. The molecule has 1 heterocycles. The lowest BCUT2D eigenvalue weighted by Crippen LogP contribution is -2.42. The van der Waals surface area contributed by atoms with Gasteiger partial charge in [0.15, 0.2) is 0 Å². The van der Waals surface area contributed by atoms with Gasteiger partial charge in [-0.3, -0.25) is 9.69 Å². The van der Waals surface area contributed by atoms with E-state index in [4.69, 9.17) is 4.74 Å². The van der Waals surface area contributed by atoms with Gasteiger partial charge < -0.3 is 14.7 Å². The Hall–Kier alpha value is -2.08. The van der Waals surface area contributed by atoms with E-state index in [1.165, 1.54) is 4.90 Å². The summed E-state index contributed by atoms with van der Waals surface area (Å²) in [7, 11) is 0. The molecule has 1 unspecified atom stereocenters. The van der Waals surface area contributed by atoms with Crippen molar-refractivity contribution in [2.75, 3.05) is 19.6 Å². The molecule has 0 aromatic heterocycles. The van der Waals surface area contributed by atoms with E-state index in [-0.39, 0.29) is 25.5 Å². The van der Waals surface area contributed by atoms with Crippen molar-refractivity contribution in [3.8, 4) is 0 Å². The number of aryl methyl sites for hydroxylation is 1. The number of hydrogen-bond acceptors (Lipinski definition) is 4. The Balaban J connectivity index is 2.07. The van der Waals surface area contributed by atoms with Gasteiger partial charge in [-0.2, -0.15) is 0 Å². The zero-order valence-electron chi connectivity index (χ0n) is 14.8. The molecule has 2 rings (SSSR count). The number of hydrogen-bond donors (Lipinski definition) is 1. The summed E-state index contributed by atoms with van der Waals surface area (Å²) in [6.07, 6.45) is -1.37. The van der Waals surface area contributed by atoms with E-state index in [0.29, 0.717) is 6.54 Å². The van der Waals surface area contributed by atoms with Gasteiger partial charge in [-0.15, -0.1) is 0 Å². The fourth-order valence-electron chi connectivity index (χ4n) is 2.65. The predicted octanol–water partition coefficient (Wildman–Crippen LogP) is 1.94. The summed E-state index contributed by atoms with van der Waals surface area (Å²) < 4.78 is 5.30. The van der Waals surface area contributed by atoms with Crippen molar-refractivity contribution in [1.29, 1.82) is 0 Å². The molecule has 1 aliphatic heterocycles. The van der Waals surface area contributed by atoms with Crippen LogP contribution in [0.15, 0.2) is 24.3 Å². The maximum absolute atomic E-state index is 12.5. The Labute approximate surface area is 143 Å². The first-order valence-corrected chi connectivity index (χ1v) is 8.13. The number of aliphatic hydroxyl groups excluding tert-OH is 1. The molecule has 1 aromatic carbocycles. The van der Waals surface area contributed by atoms with Crippen LogP contribution in [-0.4, -0.2) is 58.2 Å². The first-order chi connectivity index (χ1) is 11.1. The van der Waals surface area contributed by atoms with Crippen molar-refractivity contribution in [2.24, 2.45) is 0 Å². The van der Waals surface area contributed by atoms with E-state index in [0.717, 1.165) is 11.1 Å². The second kappa shape index (κ2) is 7.21. The minimum absolute atomic E-state index is 0.0855. The highest BCUT2D eigenvalue weighted by Gasteiger charge is 2.31. The average molecular weight is 334 g/mol. The van der Waals surface area contributed by atoms with E-state index in [1.807, 2.05) is 31.2 Å². The molecule has 0 aliphatic carbocycles. The van der Waals surface area contributed by atoms with Gasteiger partial charge in [0.1, 0.15) is 12.1 Å². The van der Waals surface area contributed by atoms with E-state index in [9.17, 15) is 14.7 Å². The molecule has 24 heavy (non-hydrogen) atoms. The monoisotopic (exact) mass is 334 g/mol. The third kappa shape index (κ3) is 5.23. The zero-order chi connectivity index (χ0) is 17.9. The molecule has 1 fully saturated rings. The predicted molar refractivity (Wildman–Crippen MR) is 90.4 cm³/mol. The molecular weight excluding hydrogens is 308 g/mol. The van der Waals surface area contributed by atoms with Crippen LogP contribution in [-0.2, 0) is 16.1 Å². The van der Waals surface area contributed by atoms with E-state index in [2.05, 4.69) is 0 Å². The molecular formula is C18H26N2O4. The summed E-state index contributed by atoms with van der Waals surface area (Å²) in [4.78, 5) is 27.5. The first kappa shape index (κ1) is 18.3. The highest BCUT2D eigenvalue weighted by Crippen LogP contribution is 2.15. The second-order valence-electron chi connectivity index (χ2n) is 7.28. The lowest BCUT2D eigenvalue weighted by Gasteiger charge is -2.26. The number of benzene rings is 1. The van der Waals surface area contributed by atoms with Crippen LogP contribution in [0.5, 0.6) is 0 Å². The third-order valence-electron chi connectivity index (χ3n) is 3.65. The molecule has 1 saturated heterocycles. The Morgan fingerprint density at radius 1 is 1.33 bits per heavy atom. The summed E-state index contributed by atoms with van der Waals surface area (Å²) in [6, 6.07) is 7.89. The first-order valence-electron chi connectivity index (χ1n) is 8.13. The summed E-state index contributed by atoms with van der Waals surface area (Å²) in [5.41, 5.74) is 1.48. The molecule has 132 valence electrons. The molecule has 0 bridgehead atoms. The van der Waals surface area contributed by atoms with Crippen molar-refractivity contribution >= 4 is 12.0 Å². The van der Waals surface area contributed by atoms with Crippen LogP contribution in [0, 0.1) is 6.92 Å². The number of rotatable bonds is 2. The molecule has 0 spiro atoms. The van der Waals surface area contributed by atoms with Gasteiger partial charge in [-0.25, -0.2) is 4.79 Å². The molecule has 1 N–H and O–H groups in total. The highest BCUT2D eigenvalue weighted by molar-refractivity contribution is 5.83. The minimum Gasteiger partial charge on any atom is -0.444 e. The van der Waals surface area contributed by atoms with Crippen LogP contribution in [0.3, 0.4) is 0 Å². The lowest BCUT2D eigenvalue weighted by atomic mass is 10.1. The van der Waals surface area contributed by atoms with Gasteiger partial charge in [0, 0.05) is 13.1 Å². The fraction of sp³-hybridized carbons (Fsp3) is 0.556. The van der Waals surface area contributed by atoms with Crippen molar-refractivity contribution in [1.82, 2.24) is 9.80 Å². The number of β-amino-alcohol motifs (C(OH)–C–C–N with tert-alkyl or cyclic N) is 1. The summed E-state index contributed by atoms with van der Waals surface area (Å²) in [5.74, 6) is -0.195. The lowest BCUT2D eigenvalue weighted by molar-refractivity contribution is -0.132. The van der Waals surface area contributed by atoms with Gasteiger partial charge in [-0.1, -0.05) is 29.8 Å². The fourth-order valence-corrected chi connectivity index (χ4v) is 2.65. The van der Waals surface area contributed by atoms with Gasteiger partial charge in [0.2, 0.25) is 5.91 Å². The van der Waals surface area contributed by atoms with E-state index in [1.54, 1.807) is 25.7 Å². The zero-order valence-corrected chi connectivity index (χ0v) is 14.8. The normalized spacial score (nSPS) is 19.2. The van der Waals surface area contributed by atoms with Gasteiger partial charge >= 0.3 is 6.09 Å². The molecule has 0 radical (unpaired) electrons. The maximum Gasteiger partial charge on any atom is 0.410 e. The summed E-state index contributed by atoms with van der Waals surface area (Å²) >= 11 is 0. The molecule has 6 heteroatoms. The summed E-state index contributed by atoms with van der Waals surface area (Å²) in [5, 5.41) is 10.2. The van der Waals surface area contributed by atoms with Crippen molar-refractivity contribution < 1.29 is 19.4 Å². The number of carbonyl (C=O) groups is 2. The van der Waals surface area contributed by atoms with Gasteiger partial charge in [-0.05, 0) is 33.3 Å². The highest BCUT2D eigenvalue weighted by atomic mass is 16.6. The number of nitrogens with zero attached hydrogens (tertiary/aromatic N) is 2. The maximum atomic E-state index is 12.5. The van der Waals surface area contributed by atoms with Gasteiger partial charge in [0.05, 0.1) is 12.6 Å². The van der Waals surface area contributed by atoms with Crippen molar-refractivity contribution in [3.05, 3.63) is 35.4 Å². The number of amides is 2. The summed E-state index contributed by atoms with van der Waals surface area (Å²) in [6.45, 7) is 7.92. The van der Waals surface area contributed by atoms with E-state index < -0.39 is 17.8 Å². The molecule has 1 aromatic rings. The Morgan fingerprint density at radius 2 is 2.04 bits per heavy atom. The standard InChI is InChI=1S/C18H26N2O4/c1-13-6-5-7-14(8-13)9-19-10-15(21)11-20(12-16(19)22)17(23)24-18(2,3)4/h5-8,15,21H,9-12H2,1-4H3. The van der Waals surface area contributed by atoms with Crippen molar-refractivity contribution in [2.45, 2.75) is 45.9 Å². The largest absolute Gasteiger partial charge is 0.444 e. The number of aliphatic hydroxyl groups is 1. The smallest absolute Gasteiger partial charge is 0.410 e. The van der Waals surface area contributed by atoms with Crippen LogP contribution in [0.1, 0.15) is 31.9 Å². The Bertz CT molecular complexity index is 609. The molecule has 6 nitrogen and oxygen atoms in total. The Morgan fingerprint density at radius 3 is 2.67 bits per heavy atom. The van der Waals surface area contributed by atoms with Crippen LogP contribution in [0.25, 0.3) is 0 Å². The average Bonchev–Trinajstić information content (AvgIpc) is 2.56. The molecule has 2 amide bonds. The van der Waals surface area contributed by atoms with Crippen LogP contribution in [0.4, 0.5) is 4.79 Å².